The number of anilines is 2. The highest BCUT2D eigenvalue weighted by Crippen LogP contribution is 2.40. The summed E-state index contributed by atoms with van der Waals surface area (Å²) < 4.78 is 27.3. The Balaban J connectivity index is 1.64. The topological polar surface area (TPSA) is 131 Å². The van der Waals surface area contributed by atoms with Crippen LogP contribution in [-0.4, -0.2) is 51.9 Å². The van der Waals surface area contributed by atoms with Gasteiger partial charge < -0.3 is 10.4 Å². The van der Waals surface area contributed by atoms with Crippen molar-refractivity contribution in [3.8, 4) is 6.07 Å². The summed E-state index contributed by atoms with van der Waals surface area (Å²) in [5.74, 6) is -5.48. The van der Waals surface area contributed by atoms with Crippen LogP contribution in [0.1, 0.15) is 36.4 Å². The molecule has 2 N–H and O–H groups in total. The molecule has 1 unspecified atom stereocenters. The van der Waals surface area contributed by atoms with Crippen molar-refractivity contribution in [3.05, 3.63) is 94.4 Å². The van der Waals surface area contributed by atoms with Gasteiger partial charge in [-0.2, -0.15) is 5.26 Å². The van der Waals surface area contributed by atoms with Gasteiger partial charge in [-0.05, 0) is 30.3 Å². The van der Waals surface area contributed by atoms with E-state index in [4.69, 9.17) is 18.2 Å². The third kappa shape index (κ3) is 5.89. The van der Waals surface area contributed by atoms with Crippen molar-refractivity contribution in [2.24, 2.45) is 0 Å². The Kier molecular flexibility index (Phi) is 8.09. The molecule has 2 heterocycles. The Hall–Kier alpha value is -4.91. The lowest BCUT2D eigenvalue weighted by Crippen LogP contribution is -2.56. The number of hydrogen-bond donors (Lipinski definition) is 2. The van der Waals surface area contributed by atoms with Gasteiger partial charge in [0, 0.05) is 47.8 Å². The number of amides is 3. The highest BCUT2D eigenvalue weighted by molar-refractivity contribution is 6.31. The molecule has 1 aliphatic heterocycles. The van der Waals surface area contributed by atoms with Crippen LogP contribution in [0.2, 0.25) is 5.02 Å². The summed E-state index contributed by atoms with van der Waals surface area (Å²) in [5, 5.41) is 22.6. The van der Waals surface area contributed by atoms with Crippen molar-refractivity contribution in [2.45, 2.75) is 49.4 Å². The van der Waals surface area contributed by atoms with Gasteiger partial charge in [0.25, 0.3) is 17.7 Å². The zero-order valence-corrected chi connectivity index (χ0v) is 23.1. The van der Waals surface area contributed by atoms with Crippen molar-refractivity contribution in [3.63, 3.8) is 0 Å². The number of nitriles is 1. The zero-order chi connectivity index (χ0) is 30.9. The quantitative estimate of drug-likeness (QED) is 0.387. The van der Waals surface area contributed by atoms with Crippen LogP contribution in [0.15, 0.2) is 66.9 Å². The first-order valence-electron chi connectivity index (χ1n) is 13.1. The Morgan fingerprint density at radius 2 is 1.95 bits per heavy atom. The minimum atomic E-state index is -2.93. The van der Waals surface area contributed by atoms with Gasteiger partial charge in [-0.25, -0.2) is 18.6 Å². The fraction of sp³-hybridized carbons (Fsp3) is 0.267. The maximum atomic E-state index is 14.6. The van der Waals surface area contributed by atoms with Crippen LogP contribution >= 0.6 is 11.6 Å². The number of nitrogens with one attached hydrogen (secondary N) is 1. The molecule has 3 amide bonds. The van der Waals surface area contributed by atoms with E-state index in [0.29, 0.717) is 0 Å². The van der Waals surface area contributed by atoms with Gasteiger partial charge in [0.2, 0.25) is 5.91 Å². The van der Waals surface area contributed by atoms with Gasteiger partial charge in [0.05, 0.1) is 18.2 Å². The Morgan fingerprint density at radius 3 is 2.63 bits per heavy atom. The minimum absolute atomic E-state index is 0.0655. The number of carbonyl (C=O) groups excluding carboxylic acids is 3. The van der Waals surface area contributed by atoms with Crippen LogP contribution < -0.4 is 15.1 Å². The third-order valence-electron chi connectivity index (χ3n) is 7.30. The molecule has 1 saturated carbocycles. The molecule has 0 bridgehead atoms. The Morgan fingerprint density at radius 1 is 1.21 bits per heavy atom. The highest BCUT2D eigenvalue weighted by Gasteiger charge is 2.50. The van der Waals surface area contributed by atoms with E-state index in [0.717, 1.165) is 9.80 Å². The monoisotopic (exact) mass is 604 g/mol. The fourth-order valence-electron chi connectivity index (χ4n) is 5.25. The van der Waals surface area contributed by atoms with Crippen molar-refractivity contribution in [1.82, 2.24) is 10.3 Å². The van der Waals surface area contributed by atoms with Crippen molar-refractivity contribution < 1.29 is 28.3 Å². The first kappa shape index (κ1) is 29.6. The predicted molar refractivity (Wildman–Crippen MR) is 151 cm³/mol. The fourth-order valence-corrected chi connectivity index (χ4v) is 5.49. The predicted octanol–water partition coefficient (Wildman–Crippen LogP) is 4.31. The number of hydrogen-bond acceptors (Lipinski definition) is 6. The van der Waals surface area contributed by atoms with Crippen molar-refractivity contribution >= 4 is 46.5 Å². The Bertz CT molecular complexity index is 1680. The van der Waals surface area contributed by atoms with Gasteiger partial charge in [-0.15, -0.1) is 0 Å². The molecule has 0 spiro atoms. The number of aromatic nitrogens is 1. The van der Waals surface area contributed by atoms with Gasteiger partial charge in [-0.1, -0.05) is 41.9 Å². The molecule has 3 atom stereocenters. The van der Waals surface area contributed by atoms with E-state index in [2.05, 4.69) is 15.1 Å². The van der Waals surface area contributed by atoms with Gasteiger partial charge in [0.1, 0.15) is 24.0 Å². The first-order chi connectivity index (χ1) is 20.5. The van der Waals surface area contributed by atoms with Gasteiger partial charge >= 0.3 is 0 Å². The number of nitrogens with zero attached hydrogens (tertiary/aromatic N) is 5. The molecule has 10 nitrogen and oxygen atoms in total. The molecular formula is C30H23ClF2N6O4. The lowest BCUT2D eigenvalue weighted by molar-refractivity contribution is -0.133. The minimum Gasteiger partial charge on any atom is -0.383 e. The van der Waals surface area contributed by atoms with Crippen molar-refractivity contribution in [2.75, 3.05) is 9.80 Å². The second-order valence-corrected chi connectivity index (χ2v) is 10.6. The molecule has 1 aliphatic carbocycles. The molecule has 1 saturated heterocycles. The molecule has 43 heavy (non-hydrogen) atoms. The number of alkyl halides is 2. The van der Waals surface area contributed by atoms with Crippen LogP contribution in [0.5, 0.6) is 0 Å². The SMILES string of the molecule is [C-]#[N+]c1cccc(N(C(=O)[C@@H]2C[C@@H](O)C(=O)N2c2cc(C#N)ccn2)C(C(=O)NC2CC(F)(F)C2)c2ccccc2Cl)c1. The maximum Gasteiger partial charge on any atom is 0.257 e. The maximum absolute atomic E-state index is 14.6. The number of carbonyl (C=O) groups is 3. The number of pyridine rings is 1. The third-order valence-corrected chi connectivity index (χ3v) is 7.65. The van der Waals surface area contributed by atoms with E-state index in [-0.39, 0.29) is 39.8 Å². The first-order valence-corrected chi connectivity index (χ1v) is 13.5. The van der Waals surface area contributed by atoms with Crippen LogP contribution in [0.3, 0.4) is 0 Å². The molecule has 1 aromatic heterocycles. The van der Waals surface area contributed by atoms with E-state index >= 15 is 0 Å². The number of benzene rings is 2. The molecule has 2 fully saturated rings. The van der Waals surface area contributed by atoms with Crippen LogP contribution in [0.4, 0.5) is 26.0 Å². The van der Waals surface area contributed by atoms with Crippen LogP contribution in [0, 0.1) is 17.9 Å². The summed E-state index contributed by atoms with van der Waals surface area (Å²) in [4.78, 5) is 51.2. The van der Waals surface area contributed by atoms with E-state index in [1.807, 2.05) is 6.07 Å². The van der Waals surface area contributed by atoms with Gasteiger partial charge in [-0.3, -0.25) is 24.2 Å². The van der Waals surface area contributed by atoms with E-state index < -0.39 is 60.7 Å². The average molecular weight is 605 g/mol. The lowest BCUT2D eigenvalue weighted by Gasteiger charge is -2.39. The van der Waals surface area contributed by atoms with Crippen LogP contribution in [-0.2, 0) is 14.4 Å². The summed E-state index contributed by atoms with van der Waals surface area (Å²) in [5.41, 5.74) is 0.535. The molecule has 218 valence electrons. The summed E-state index contributed by atoms with van der Waals surface area (Å²) in [7, 11) is 0. The smallest absolute Gasteiger partial charge is 0.257 e. The van der Waals surface area contributed by atoms with Gasteiger partial charge in [0.15, 0.2) is 5.69 Å². The van der Waals surface area contributed by atoms with Crippen molar-refractivity contribution in [1.29, 1.82) is 5.26 Å². The summed E-state index contributed by atoms with van der Waals surface area (Å²) in [6, 6.07) is 12.9. The highest BCUT2D eigenvalue weighted by atomic mass is 35.5. The Labute approximate surface area is 249 Å². The molecule has 2 aliphatic rings. The number of aliphatic hydroxyl groups is 1. The largest absolute Gasteiger partial charge is 0.383 e. The molecule has 5 rings (SSSR count). The number of aliphatic hydroxyl groups excluding tert-OH is 1. The van der Waals surface area contributed by atoms with Crippen LogP contribution in [0.25, 0.3) is 4.85 Å². The summed E-state index contributed by atoms with van der Waals surface area (Å²) in [6.45, 7) is 7.47. The molecule has 13 heteroatoms. The molecule has 2 aromatic carbocycles. The van der Waals surface area contributed by atoms with E-state index in [9.17, 15) is 33.5 Å². The standard InChI is InChI=1S/C30H23ClF2N6O4/c1-35-18-5-4-6-20(12-18)38(26(21-7-2-3-8-22(21)31)27(41)37-19-14-30(32,33)15-19)28(42)23-13-24(40)29(43)39(23)25-11-17(16-34)9-10-36-25/h2-12,19,23-24,26,40H,13-15H2,(H,37,41)/t23-,24+,26?/m0/s1. The second kappa shape index (κ2) is 11.8. The normalized spacial score (nSPS) is 20.0. The van der Waals surface area contributed by atoms with E-state index in [1.165, 1.54) is 54.7 Å². The summed E-state index contributed by atoms with van der Waals surface area (Å²) in [6.07, 6.45) is -1.84. The molecule has 0 radical (unpaired) electrons. The average Bonchev–Trinajstić information content (AvgIpc) is 3.28. The second-order valence-electron chi connectivity index (χ2n) is 10.2. The number of rotatable bonds is 7. The zero-order valence-electron chi connectivity index (χ0n) is 22.3. The van der Waals surface area contributed by atoms with E-state index in [1.54, 1.807) is 12.1 Å². The molecule has 3 aromatic rings. The molecular weight excluding hydrogens is 582 g/mol. The lowest BCUT2D eigenvalue weighted by atomic mass is 9.87. The number of halogens is 3. The summed E-state index contributed by atoms with van der Waals surface area (Å²) >= 11 is 6.52.